The van der Waals surface area contributed by atoms with Gasteiger partial charge in [0.25, 0.3) is 5.91 Å². The first-order chi connectivity index (χ1) is 15.9. The Morgan fingerprint density at radius 3 is 2.55 bits per heavy atom. The smallest absolute Gasteiger partial charge is 0.335 e. The van der Waals surface area contributed by atoms with Crippen LogP contribution in [0.15, 0.2) is 82.7 Å². The molecule has 0 bridgehead atoms. The highest BCUT2D eigenvalue weighted by atomic mass is 32.2. The molecule has 0 atom stereocenters. The Hall–Kier alpha value is -3.91. The maximum absolute atomic E-state index is 13.0. The molecule has 33 heavy (non-hydrogen) atoms. The summed E-state index contributed by atoms with van der Waals surface area (Å²) in [5.74, 6) is -0.858. The highest BCUT2D eigenvalue weighted by Crippen LogP contribution is 2.33. The van der Waals surface area contributed by atoms with Gasteiger partial charge in [-0.15, -0.1) is 0 Å². The van der Waals surface area contributed by atoms with Crippen molar-refractivity contribution in [3.05, 3.63) is 100 Å². The van der Waals surface area contributed by atoms with Crippen LogP contribution in [0.5, 0.6) is 5.75 Å². The minimum Gasteiger partial charge on any atom is -0.489 e. The minimum atomic E-state index is -1.04. The van der Waals surface area contributed by atoms with Gasteiger partial charge in [-0.05, 0) is 71.4 Å². The van der Waals surface area contributed by atoms with E-state index < -0.39 is 5.97 Å². The molecule has 4 rings (SSSR count). The maximum atomic E-state index is 13.0. The van der Waals surface area contributed by atoms with Gasteiger partial charge in [-0.25, -0.2) is 14.2 Å². The number of carboxylic acids is 1. The number of aromatic carboxylic acids is 1. The van der Waals surface area contributed by atoms with Crippen LogP contribution < -0.4 is 4.74 Å². The van der Waals surface area contributed by atoms with Crippen molar-refractivity contribution in [2.45, 2.75) is 6.61 Å². The molecule has 1 aliphatic heterocycles. The van der Waals surface area contributed by atoms with Gasteiger partial charge >= 0.3 is 5.97 Å². The molecule has 0 aromatic heterocycles. The molecule has 3 aromatic rings. The van der Waals surface area contributed by atoms with E-state index in [1.54, 1.807) is 49.5 Å². The number of amidine groups is 1. The molecular weight excluding hydrogens is 443 g/mol. The molecule has 8 heteroatoms. The number of hydrogen-bond donors (Lipinski definition) is 1. The molecule has 0 spiro atoms. The number of thioether (sulfide) groups is 1. The van der Waals surface area contributed by atoms with Crippen LogP contribution in [0.2, 0.25) is 0 Å². The molecule has 0 unspecified atom stereocenters. The third kappa shape index (κ3) is 5.48. The number of amides is 1. The van der Waals surface area contributed by atoms with Gasteiger partial charge in [0, 0.05) is 7.05 Å². The van der Waals surface area contributed by atoms with E-state index >= 15 is 0 Å². The number of hydrogen-bond acceptors (Lipinski definition) is 5. The first-order valence-electron chi connectivity index (χ1n) is 9.96. The monoisotopic (exact) mass is 462 g/mol. The lowest BCUT2D eigenvalue weighted by Gasteiger charge is -2.07. The lowest BCUT2D eigenvalue weighted by molar-refractivity contribution is -0.121. The number of benzene rings is 3. The zero-order valence-corrected chi connectivity index (χ0v) is 18.4. The summed E-state index contributed by atoms with van der Waals surface area (Å²) in [4.78, 5) is 30.2. The second kappa shape index (κ2) is 9.70. The minimum absolute atomic E-state index is 0.131. The molecule has 0 aliphatic carbocycles. The van der Waals surface area contributed by atoms with Gasteiger partial charge in [-0.1, -0.05) is 30.3 Å². The highest BCUT2D eigenvalue weighted by molar-refractivity contribution is 8.18. The van der Waals surface area contributed by atoms with E-state index in [0.29, 0.717) is 28.1 Å². The molecule has 1 amide bonds. The van der Waals surface area contributed by atoms with Crippen molar-refractivity contribution < 1.29 is 23.8 Å². The van der Waals surface area contributed by atoms with E-state index in [9.17, 15) is 14.0 Å². The molecule has 1 heterocycles. The summed E-state index contributed by atoms with van der Waals surface area (Å²) in [5, 5.41) is 9.61. The van der Waals surface area contributed by atoms with Crippen LogP contribution in [-0.2, 0) is 11.4 Å². The van der Waals surface area contributed by atoms with E-state index in [2.05, 4.69) is 4.99 Å². The van der Waals surface area contributed by atoms with E-state index in [-0.39, 0.29) is 17.3 Å². The standard InChI is InChI=1S/C25H19FN2O4S/c1-28-23(29)22(33-25(28)27-20-4-2-3-18(14-20)24(30)31)13-16-7-11-21(12-8-16)32-15-17-5-9-19(26)10-6-17/h2-14H,15H2,1H3,(H,30,31)/b22-13+,27-25?. The summed E-state index contributed by atoms with van der Waals surface area (Å²) >= 11 is 1.22. The second-order valence-electron chi connectivity index (χ2n) is 7.21. The molecule has 1 N–H and O–H groups in total. The predicted molar refractivity (Wildman–Crippen MR) is 126 cm³/mol. The van der Waals surface area contributed by atoms with Crippen LogP contribution >= 0.6 is 11.8 Å². The van der Waals surface area contributed by atoms with Crippen LogP contribution in [0.3, 0.4) is 0 Å². The van der Waals surface area contributed by atoms with Gasteiger partial charge in [0.1, 0.15) is 18.2 Å². The van der Waals surface area contributed by atoms with Crippen molar-refractivity contribution in [2.75, 3.05) is 7.05 Å². The molecule has 6 nitrogen and oxygen atoms in total. The quantitative estimate of drug-likeness (QED) is 0.501. The summed E-state index contributed by atoms with van der Waals surface area (Å²) in [5.41, 5.74) is 2.27. The first kappa shape index (κ1) is 22.3. The van der Waals surface area contributed by atoms with Gasteiger partial charge in [0.15, 0.2) is 5.17 Å². The van der Waals surface area contributed by atoms with Crippen LogP contribution in [0, 0.1) is 5.82 Å². The van der Waals surface area contributed by atoms with Crippen molar-refractivity contribution in [2.24, 2.45) is 4.99 Å². The van der Waals surface area contributed by atoms with Crippen LogP contribution in [0.4, 0.5) is 10.1 Å². The fourth-order valence-corrected chi connectivity index (χ4v) is 4.02. The molecule has 1 saturated heterocycles. The summed E-state index contributed by atoms with van der Waals surface area (Å²) in [6.45, 7) is 0.322. The first-order valence-corrected chi connectivity index (χ1v) is 10.8. The third-order valence-electron chi connectivity index (χ3n) is 4.82. The SMILES string of the molecule is CN1C(=O)/C(=C\c2ccc(OCc3ccc(F)cc3)cc2)SC1=Nc1cccc(C(=O)O)c1. The lowest BCUT2D eigenvalue weighted by atomic mass is 10.2. The van der Waals surface area contributed by atoms with Crippen LogP contribution in [-0.4, -0.2) is 34.1 Å². The lowest BCUT2D eigenvalue weighted by Crippen LogP contribution is -2.23. The zero-order valence-electron chi connectivity index (χ0n) is 17.6. The Morgan fingerprint density at radius 2 is 1.85 bits per heavy atom. The summed E-state index contributed by atoms with van der Waals surface area (Å²) in [6.07, 6.45) is 1.77. The number of carbonyl (C=O) groups excluding carboxylic acids is 1. The number of likely N-dealkylation sites (N-methyl/N-ethyl adjacent to an activating group) is 1. The second-order valence-corrected chi connectivity index (χ2v) is 8.22. The fourth-order valence-electron chi connectivity index (χ4n) is 3.03. The molecule has 166 valence electrons. The number of rotatable bonds is 6. The summed E-state index contributed by atoms with van der Waals surface area (Å²) in [6, 6.07) is 19.6. The van der Waals surface area contributed by atoms with Crippen LogP contribution in [0.1, 0.15) is 21.5 Å². The Kier molecular flexibility index (Phi) is 6.55. The van der Waals surface area contributed by atoms with E-state index in [1.165, 1.54) is 40.9 Å². The average Bonchev–Trinajstić information content (AvgIpc) is 3.07. The molecule has 3 aromatic carbocycles. The normalized spacial score (nSPS) is 15.9. The van der Waals surface area contributed by atoms with Gasteiger partial charge in [0.2, 0.25) is 0 Å². The Balaban J connectivity index is 1.45. The van der Waals surface area contributed by atoms with Gasteiger partial charge in [-0.2, -0.15) is 0 Å². The topological polar surface area (TPSA) is 79.2 Å². The van der Waals surface area contributed by atoms with Crippen molar-refractivity contribution in [1.29, 1.82) is 0 Å². The third-order valence-corrected chi connectivity index (χ3v) is 5.88. The van der Waals surface area contributed by atoms with E-state index in [1.807, 2.05) is 12.1 Å². The number of ether oxygens (including phenoxy) is 1. The Morgan fingerprint density at radius 1 is 1.12 bits per heavy atom. The van der Waals surface area contributed by atoms with Crippen molar-refractivity contribution in [3.63, 3.8) is 0 Å². The maximum Gasteiger partial charge on any atom is 0.335 e. The highest BCUT2D eigenvalue weighted by Gasteiger charge is 2.30. The molecular formula is C25H19FN2O4S. The number of aliphatic imine (C=N–C) groups is 1. The fraction of sp³-hybridized carbons (Fsp3) is 0.0800. The number of halogens is 1. The average molecular weight is 463 g/mol. The summed E-state index contributed by atoms with van der Waals surface area (Å²) in [7, 11) is 1.63. The number of carbonyl (C=O) groups is 2. The van der Waals surface area contributed by atoms with Crippen molar-refractivity contribution >= 4 is 40.6 Å². The molecule has 1 fully saturated rings. The zero-order chi connectivity index (χ0) is 23.4. The van der Waals surface area contributed by atoms with Gasteiger partial charge in [0.05, 0.1) is 16.2 Å². The van der Waals surface area contributed by atoms with Crippen molar-refractivity contribution in [3.8, 4) is 5.75 Å². The van der Waals surface area contributed by atoms with E-state index in [4.69, 9.17) is 9.84 Å². The van der Waals surface area contributed by atoms with E-state index in [0.717, 1.165) is 11.1 Å². The molecule has 1 aliphatic rings. The number of nitrogens with zero attached hydrogens (tertiary/aromatic N) is 2. The summed E-state index contributed by atoms with van der Waals surface area (Å²) < 4.78 is 18.7. The van der Waals surface area contributed by atoms with Crippen LogP contribution in [0.25, 0.3) is 6.08 Å². The van der Waals surface area contributed by atoms with Gasteiger partial charge < -0.3 is 9.84 Å². The molecule has 0 radical (unpaired) electrons. The Bertz CT molecular complexity index is 1250. The van der Waals surface area contributed by atoms with Crippen molar-refractivity contribution in [1.82, 2.24) is 4.90 Å². The van der Waals surface area contributed by atoms with Gasteiger partial charge in [-0.3, -0.25) is 9.69 Å². The Labute approximate surface area is 194 Å². The molecule has 0 saturated carbocycles. The predicted octanol–water partition coefficient (Wildman–Crippen LogP) is 5.34. The number of carboxylic acid groups (broad SMARTS) is 1. The largest absolute Gasteiger partial charge is 0.489 e.